The maximum absolute atomic E-state index is 13.1. The Kier molecular flexibility index (Phi) is 9.40. The molecule has 1 amide bonds. The van der Waals surface area contributed by atoms with Gasteiger partial charge in [-0.05, 0) is 66.0 Å². The fourth-order valence-corrected chi connectivity index (χ4v) is 5.01. The summed E-state index contributed by atoms with van der Waals surface area (Å²) in [5, 5.41) is 2.18. The Bertz CT molecular complexity index is 1080. The molecule has 0 spiro atoms. The summed E-state index contributed by atoms with van der Waals surface area (Å²) in [6.07, 6.45) is 5.57. The Hall–Kier alpha value is -2.99. The monoisotopic (exact) mass is 478 g/mol. The minimum absolute atomic E-state index is 0.132. The zero-order valence-corrected chi connectivity index (χ0v) is 21.3. The topological polar surface area (TPSA) is 59.5 Å². The molecular formula is C28H34N2O3S. The standard InChI is InChI=1S/C28H34N2O3S/c1-5-6-13-33-28(32)30(27(21(4)31)24-11-8-12-29-17-24)18-22-9-7-10-23(15-22)25-16-26(34-19-25)14-20(2)3/h7-12,15-17,19-20,27H,5-6,13-14,18H2,1-4H3. The Labute approximate surface area is 206 Å². The van der Waals surface area contributed by atoms with Gasteiger partial charge >= 0.3 is 6.09 Å². The largest absolute Gasteiger partial charge is 0.449 e. The average Bonchev–Trinajstić information content (AvgIpc) is 3.27. The van der Waals surface area contributed by atoms with Crippen LogP contribution in [0.5, 0.6) is 0 Å². The second-order valence-electron chi connectivity index (χ2n) is 9.00. The Morgan fingerprint density at radius 3 is 2.62 bits per heavy atom. The van der Waals surface area contributed by atoms with Gasteiger partial charge in [-0.3, -0.25) is 14.7 Å². The predicted octanol–water partition coefficient (Wildman–Crippen LogP) is 7.08. The van der Waals surface area contributed by atoms with Crippen LogP contribution in [0.1, 0.15) is 62.6 Å². The van der Waals surface area contributed by atoms with Crippen molar-refractivity contribution in [2.45, 2.75) is 59.5 Å². The third-order valence-electron chi connectivity index (χ3n) is 5.53. The van der Waals surface area contributed by atoms with Crippen molar-refractivity contribution in [1.29, 1.82) is 0 Å². The molecule has 0 aliphatic carbocycles. The summed E-state index contributed by atoms with van der Waals surface area (Å²) in [4.78, 5) is 32.9. The molecule has 1 atom stereocenters. The van der Waals surface area contributed by atoms with E-state index in [4.69, 9.17) is 4.74 Å². The van der Waals surface area contributed by atoms with Crippen molar-refractivity contribution in [3.8, 4) is 11.1 Å². The van der Waals surface area contributed by atoms with Crippen LogP contribution in [0.2, 0.25) is 0 Å². The first kappa shape index (κ1) is 25.6. The molecule has 5 nitrogen and oxygen atoms in total. The normalized spacial score (nSPS) is 11.9. The number of Topliss-reactive ketones (excluding diaryl/α,β-unsaturated/α-hetero) is 1. The van der Waals surface area contributed by atoms with E-state index in [1.54, 1.807) is 29.8 Å². The second kappa shape index (κ2) is 12.5. The van der Waals surface area contributed by atoms with Gasteiger partial charge < -0.3 is 4.74 Å². The molecule has 1 unspecified atom stereocenters. The predicted molar refractivity (Wildman–Crippen MR) is 138 cm³/mol. The number of ether oxygens (including phenoxy) is 1. The van der Waals surface area contributed by atoms with E-state index in [0.717, 1.165) is 30.4 Å². The quantitative estimate of drug-likeness (QED) is 0.276. The third kappa shape index (κ3) is 7.00. The maximum Gasteiger partial charge on any atom is 0.410 e. The van der Waals surface area contributed by atoms with Crippen LogP contribution < -0.4 is 0 Å². The molecule has 2 aromatic heterocycles. The van der Waals surface area contributed by atoms with Gasteiger partial charge in [-0.1, -0.05) is 51.5 Å². The first-order valence-corrected chi connectivity index (χ1v) is 12.8. The van der Waals surface area contributed by atoms with Crippen molar-refractivity contribution in [3.05, 3.63) is 76.2 Å². The summed E-state index contributed by atoms with van der Waals surface area (Å²) in [6.45, 7) is 8.59. The van der Waals surface area contributed by atoms with Crippen LogP contribution >= 0.6 is 11.3 Å². The van der Waals surface area contributed by atoms with Gasteiger partial charge in [-0.25, -0.2) is 4.79 Å². The van der Waals surface area contributed by atoms with Crippen molar-refractivity contribution in [2.24, 2.45) is 5.92 Å². The lowest BCUT2D eigenvalue weighted by Crippen LogP contribution is -2.38. The highest BCUT2D eigenvalue weighted by atomic mass is 32.1. The SMILES string of the molecule is CCCCOC(=O)N(Cc1cccc(-c2csc(CC(C)C)c2)c1)C(C(C)=O)c1cccnc1. The van der Waals surface area contributed by atoms with Gasteiger partial charge in [0.15, 0.2) is 5.78 Å². The van der Waals surface area contributed by atoms with Crippen molar-refractivity contribution < 1.29 is 14.3 Å². The van der Waals surface area contributed by atoms with E-state index in [-0.39, 0.29) is 12.3 Å². The van der Waals surface area contributed by atoms with Crippen LogP contribution in [-0.2, 0) is 22.5 Å². The molecule has 0 fully saturated rings. The van der Waals surface area contributed by atoms with Gasteiger partial charge in [-0.15, -0.1) is 11.3 Å². The van der Waals surface area contributed by atoms with Crippen LogP contribution in [-0.4, -0.2) is 28.4 Å². The molecule has 3 aromatic rings. The molecule has 0 aliphatic rings. The fourth-order valence-electron chi connectivity index (χ4n) is 3.91. The molecule has 0 saturated carbocycles. The minimum Gasteiger partial charge on any atom is -0.449 e. The lowest BCUT2D eigenvalue weighted by Gasteiger charge is -2.30. The highest BCUT2D eigenvalue weighted by Gasteiger charge is 2.30. The Balaban J connectivity index is 1.90. The van der Waals surface area contributed by atoms with Crippen molar-refractivity contribution in [2.75, 3.05) is 6.61 Å². The van der Waals surface area contributed by atoms with Crippen LogP contribution in [0.4, 0.5) is 4.79 Å². The zero-order valence-electron chi connectivity index (χ0n) is 20.5. The van der Waals surface area contributed by atoms with Crippen molar-refractivity contribution in [3.63, 3.8) is 0 Å². The van der Waals surface area contributed by atoms with E-state index in [1.807, 2.05) is 25.1 Å². The number of amides is 1. The van der Waals surface area contributed by atoms with Crippen LogP contribution in [0.15, 0.2) is 60.2 Å². The van der Waals surface area contributed by atoms with Crippen LogP contribution in [0, 0.1) is 5.92 Å². The van der Waals surface area contributed by atoms with Gasteiger partial charge in [0.1, 0.15) is 6.04 Å². The number of pyridine rings is 1. The first-order chi connectivity index (χ1) is 16.4. The van der Waals surface area contributed by atoms with Gasteiger partial charge in [0.05, 0.1) is 13.2 Å². The molecule has 0 N–H and O–H groups in total. The second-order valence-corrected chi connectivity index (χ2v) is 9.99. The molecule has 0 radical (unpaired) electrons. The lowest BCUT2D eigenvalue weighted by atomic mass is 10.0. The number of unbranched alkanes of at least 4 members (excludes halogenated alkanes) is 1. The Morgan fingerprint density at radius 1 is 1.12 bits per heavy atom. The van der Waals surface area contributed by atoms with Crippen LogP contribution in [0.25, 0.3) is 11.1 Å². The number of nitrogens with zero attached hydrogens (tertiary/aromatic N) is 2. The van der Waals surface area contributed by atoms with Gasteiger partial charge in [0.25, 0.3) is 0 Å². The van der Waals surface area contributed by atoms with E-state index < -0.39 is 12.1 Å². The van der Waals surface area contributed by atoms with E-state index in [9.17, 15) is 9.59 Å². The first-order valence-electron chi connectivity index (χ1n) is 11.9. The highest BCUT2D eigenvalue weighted by molar-refractivity contribution is 7.10. The number of carbonyl (C=O) groups excluding carboxylic acids is 2. The van der Waals surface area contributed by atoms with Gasteiger partial charge in [-0.2, -0.15) is 0 Å². The molecule has 3 rings (SSSR count). The average molecular weight is 479 g/mol. The summed E-state index contributed by atoms with van der Waals surface area (Å²) >= 11 is 1.78. The smallest absolute Gasteiger partial charge is 0.410 e. The summed E-state index contributed by atoms with van der Waals surface area (Å²) in [5.41, 5.74) is 3.89. The zero-order chi connectivity index (χ0) is 24.5. The summed E-state index contributed by atoms with van der Waals surface area (Å²) in [6, 6.07) is 13.2. The summed E-state index contributed by atoms with van der Waals surface area (Å²) in [5.74, 6) is 0.480. The van der Waals surface area contributed by atoms with Gasteiger partial charge in [0.2, 0.25) is 0 Å². The maximum atomic E-state index is 13.1. The number of rotatable bonds is 11. The van der Waals surface area contributed by atoms with Gasteiger partial charge in [0, 0.05) is 22.8 Å². The number of aromatic nitrogens is 1. The lowest BCUT2D eigenvalue weighted by molar-refractivity contribution is -0.122. The molecule has 180 valence electrons. The number of hydrogen-bond acceptors (Lipinski definition) is 5. The van der Waals surface area contributed by atoms with E-state index in [1.165, 1.54) is 22.3 Å². The molecule has 0 saturated heterocycles. The van der Waals surface area contributed by atoms with E-state index in [0.29, 0.717) is 18.1 Å². The Morgan fingerprint density at radius 2 is 1.94 bits per heavy atom. The fraction of sp³-hybridized carbons (Fsp3) is 0.393. The van der Waals surface area contributed by atoms with Crippen molar-refractivity contribution in [1.82, 2.24) is 9.88 Å². The number of hydrogen-bond donors (Lipinski definition) is 0. The third-order valence-corrected chi connectivity index (χ3v) is 6.49. The summed E-state index contributed by atoms with van der Waals surface area (Å²) < 4.78 is 5.54. The number of thiophene rings is 1. The number of benzene rings is 1. The molecule has 6 heteroatoms. The summed E-state index contributed by atoms with van der Waals surface area (Å²) in [7, 11) is 0. The number of ketones is 1. The van der Waals surface area contributed by atoms with E-state index >= 15 is 0 Å². The minimum atomic E-state index is -0.759. The molecule has 2 heterocycles. The van der Waals surface area contributed by atoms with Crippen LogP contribution in [0.3, 0.4) is 0 Å². The highest BCUT2D eigenvalue weighted by Crippen LogP contribution is 2.30. The number of carbonyl (C=O) groups is 2. The van der Waals surface area contributed by atoms with E-state index in [2.05, 4.69) is 42.4 Å². The molecule has 1 aromatic carbocycles. The molecule has 0 bridgehead atoms. The van der Waals surface area contributed by atoms with Crippen molar-refractivity contribution >= 4 is 23.2 Å². The molecule has 34 heavy (non-hydrogen) atoms. The molecular weight excluding hydrogens is 444 g/mol. The molecule has 0 aliphatic heterocycles.